The summed E-state index contributed by atoms with van der Waals surface area (Å²) < 4.78 is 40.4. The number of amides is 1. The van der Waals surface area contributed by atoms with Gasteiger partial charge < -0.3 is 14.6 Å². The molecule has 1 N–H and O–H groups in total. The molecule has 134 valence electrons. The zero-order valence-electron chi connectivity index (χ0n) is 19.1. The number of hydrogen-bond donors (Lipinski definition) is 1. The number of hydrogen-bond acceptors (Lipinski definition) is 3. The first-order valence-electron chi connectivity index (χ1n) is 10.2. The highest BCUT2D eigenvalue weighted by molar-refractivity contribution is 6.36. The highest BCUT2D eigenvalue weighted by Crippen LogP contribution is 2.33. The number of rotatable bonds is 3. The molecule has 1 heterocycles. The normalized spacial score (nSPS) is 14.8. The number of fused-ring (bicyclic) bond motifs is 1. The van der Waals surface area contributed by atoms with Crippen LogP contribution in [0.5, 0.6) is 5.75 Å². The number of nitrogens with zero attached hydrogens (tertiary/aromatic N) is 2. The highest BCUT2D eigenvalue weighted by Gasteiger charge is 2.26. The predicted molar refractivity (Wildman–Crippen MR) is 104 cm³/mol. The Kier molecular flexibility index (Phi) is 3.30. The van der Waals surface area contributed by atoms with Crippen LogP contribution in [-0.2, 0) is 7.05 Å². The molecule has 0 aliphatic rings. The van der Waals surface area contributed by atoms with Crippen molar-refractivity contribution in [2.24, 2.45) is 7.05 Å². The third-order valence-electron chi connectivity index (χ3n) is 4.13. The Labute approximate surface area is 163 Å². The van der Waals surface area contributed by atoms with Crippen molar-refractivity contribution in [3.05, 3.63) is 69.0 Å². The second-order valence-corrected chi connectivity index (χ2v) is 6.22. The van der Waals surface area contributed by atoms with Gasteiger partial charge in [0.2, 0.25) is 0 Å². The number of aromatic nitrogens is 1. The summed E-state index contributed by atoms with van der Waals surface area (Å²) in [7, 11) is 1.37. The standard InChI is InChI=1S/C20H19ClN2O3/c1-4-23(13-8-5-7-12(2)11-13)20(26)17-18(24)16-14(21)9-6-10-15(16)22(3)19(17)25/h5-11,24H,4H2,1-3H3/i1D3,4D2. The first kappa shape index (κ1) is 12.5. The number of halogens is 1. The van der Waals surface area contributed by atoms with Crippen LogP contribution >= 0.6 is 11.6 Å². The van der Waals surface area contributed by atoms with Crippen LogP contribution in [0.1, 0.15) is 29.6 Å². The van der Waals surface area contributed by atoms with Crippen LogP contribution in [0.25, 0.3) is 10.9 Å². The Hall–Kier alpha value is -2.79. The topological polar surface area (TPSA) is 62.5 Å². The fourth-order valence-corrected chi connectivity index (χ4v) is 3.09. The summed E-state index contributed by atoms with van der Waals surface area (Å²) in [6, 6.07) is 10.5. The van der Waals surface area contributed by atoms with E-state index >= 15 is 0 Å². The van der Waals surface area contributed by atoms with Crippen LogP contribution in [-0.4, -0.2) is 22.1 Å². The lowest BCUT2D eigenvalue weighted by molar-refractivity contribution is 0.0984. The number of aromatic hydroxyl groups is 1. The fourth-order valence-electron chi connectivity index (χ4n) is 2.83. The van der Waals surface area contributed by atoms with Crippen molar-refractivity contribution >= 4 is 34.1 Å². The average Bonchev–Trinajstić information content (AvgIpc) is 2.65. The summed E-state index contributed by atoms with van der Waals surface area (Å²) >= 11 is 6.18. The number of benzene rings is 2. The molecule has 0 unspecified atom stereocenters. The zero-order valence-corrected chi connectivity index (χ0v) is 14.8. The van der Waals surface area contributed by atoms with Crippen LogP contribution in [0, 0.1) is 6.92 Å². The summed E-state index contributed by atoms with van der Waals surface area (Å²) in [5.41, 5.74) is -0.886. The van der Waals surface area contributed by atoms with E-state index in [0.29, 0.717) is 10.5 Å². The smallest absolute Gasteiger partial charge is 0.267 e. The van der Waals surface area contributed by atoms with Gasteiger partial charge >= 0.3 is 0 Å². The summed E-state index contributed by atoms with van der Waals surface area (Å²) in [5, 5.41) is 10.9. The molecule has 2 aromatic carbocycles. The highest BCUT2D eigenvalue weighted by atomic mass is 35.5. The van der Waals surface area contributed by atoms with Crippen molar-refractivity contribution in [2.45, 2.75) is 13.8 Å². The van der Waals surface area contributed by atoms with Crippen molar-refractivity contribution in [2.75, 3.05) is 11.4 Å². The minimum absolute atomic E-state index is 0.0215. The maximum atomic E-state index is 13.5. The van der Waals surface area contributed by atoms with Gasteiger partial charge in [-0.05, 0) is 43.6 Å². The number of carbonyl (C=O) groups is 1. The summed E-state index contributed by atoms with van der Waals surface area (Å²) in [4.78, 5) is 26.9. The van der Waals surface area contributed by atoms with Gasteiger partial charge in [0, 0.05) is 26.1 Å². The first-order chi connectivity index (χ1) is 14.3. The lowest BCUT2D eigenvalue weighted by Crippen LogP contribution is -2.36. The molecule has 1 amide bonds. The molecule has 0 atom stereocenters. The van der Waals surface area contributed by atoms with Gasteiger partial charge in [0.05, 0.1) is 15.9 Å². The van der Waals surface area contributed by atoms with Gasteiger partial charge in [-0.2, -0.15) is 0 Å². The molecule has 0 saturated heterocycles. The lowest BCUT2D eigenvalue weighted by atomic mass is 10.1. The van der Waals surface area contributed by atoms with E-state index in [1.54, 1.807) is 19.1 Å². The van der Waals surface area contributed by atoms with E-state index in [9.17, 15) is 14.7 Å². The number of pyridine rings is 1. The van der Waals surface area contributed by atoms with Crippen molar-refractivity contribution in [1.29, 1.82) is 0 Å². The largest absolute Gasteiger partial charge is 0.506 e. The predicted octanol–water partition coefficient (Wildman–Crippen LogP) is 3.87. The molecule has 0 bridgehead atoms. The molecule has 0 radical (unpaired) electrons. The fraction of sp³-hybridized carbons (Fsp3) is 0.200. The molecular formula is C20H19ClN2O3. The van der Waals surface area contributed by atoms with E-state index in [0.717, 1.165) is 4.57 Å². The minimum atomic E-state index is -3.25. The molecule has 3 rings (SSSR count). The number of carbonyl (C=O) groups excluding carboxylic acids is 1. The number of aryl methyl sites for hydroxylation is 2. The number of anilines is 1. The molecule has 5 nitrogen and oxygen atoms in total. The van der Waals surface area contributed by atoms with Crippen molar-refractivity contribution in [1.82, 2.24) is 4.57 Å². The van der Waals surface area contributed by atoms with Crippen LogP contribution in [0.2, 0.25) is 5.02 Å². The third-order valence-corrected chi connectivity index (χ3v) is 4.45. The molecule has 1 aromatic heterocycles. The molecule has 3 aromatic rings. The van der Waals surface area contributed by atoms with E-state index in [2.05, 4.69) is 0 Å². The van der Waals surface area contributed by atoms with E-state index in [4.69, 9.17) is 18.5 Å². The average molecular weight is 376 g/mol. The lowest BCUT2D eigenvalue weighted by Gasteiger charge is -2.22. The quantitative estimate of drug-likeness (QED) is 0.755. The van der Waals surface area contributed by atoms with Gasteiger partial charge in [-0.1, -0.05) is 29.8 Å². The minimum Gasteiger partial charge on any atom is -0.506 e. The van der Waals surface area contributed by atoms with E-state index in [-0.39, 0.29) is 21.6 Å². The van der Waals surface area contributed by atoms with Crippen LogP contribution in [0.3, 0.4) is 0 Å². The van der Waals surface area contributed by atoms with Crippen molar-refractivity contribution < 1.29 is 16.8 Å². The Morgan fingerprint density at radius 3 is 2.77 bits per heavy atom. The van der Waals surface area contributed by atoms with Crippen molar-refractivity contribution in [3.63, 3.8) is 0 Å². The Morgan fingerprint density at radius 2 is 2.08 bits per heavy atom. The maximum Gasteiger partial charge on any atom is 0.267 e. The van der Waals surface area contributed by atoms with Crippen molar-refractivity contribution in [3.8, 4) is 5.75 Å². The van der Waals surface area contributed by atoms with Crippen LogP contribution in [0.4, 0.5) is 5.69 Å². The molecule has 0 saturated carbocycles. The summed E-state index contributed by atoms with van der Waals surface area (Å²) in [6.45, 7) is -4.75. The van der Waals surface area contributed by atoms with Gasteiger partial charge in [-0.15, -0.1) is 0 Å². The molecule has 0 aliphatic carbocycles. The summed E-state index contributed by atoms with van der Waals surface area (Å²) in [6.07, 6.45) is 0. The van der Waals surface area contributed by atoms with Gasteiger partial charge in [0.1, 0.15) is 11.3 Å². The molecule has 26 heavy (non-hydrogen) atoms. The summed E-state index contributed by atoms with van der Waals surface area (Å²) in [5.74, 6) is -2.04. The molecule has 0 spiro atoms. The monoisotopic (exact) mass is 375 g/mol. The first-order valence-corrected chi connectivity index (χ1v) is 8.08. The maximum absolute atomic E-state index is 13.5. The second kappa shape index (κ2) is 6.84. The Bertz CT molecular complexity index is 1250. The van der Waals surface area contributed by atoms with Gasteiger partial charge in [-0.25, -0.2) is 0 Å². The van der Waals surface area contributed by atoms with Crippen LogP contribution in [0.15, 0.2) is 47.3 Å². The second-order valence-electron chi connectivity index (χ2n) is 5.81. The molecule has 0 fully saturated rings. The third kappa shape index (κ3) is 2.84. The van der Waals surface area contributed by atoms with Crippen LogP contribution < -0.4 is 10.5 Å². The van der Waals surface area contributed by atoms with E-state index < -0.39 is 36.1 Å². The van der Waals surface area contributed by atoms with E-state index in [1.807, 2.05) is 0 Å². The van der Waals surface area contributed by atoms with Gasteiger partial charge in [0.15, 0.2) is 0 Å². The molecule has 6 heteroatoms. The Morgan fingerprint density at radius 1 is 1.35 bits per heavy atom. The zero-order chi connectivity index (χ0) is 23.3. The molecule has 0 aliphatic heterocycles. The Balaban J connectivity index is 2.37. The molecular weight excluding hydrogens is 352 g/mol. The van der Waals surface area contributed by atoms with Gasteiger partial charge in [0.25, 0.3) is 11.5 Å². The van der Waals surface area contributed by atoms with Gasteiger partial charge in [-0.3, -0.25) is 9.59 Å². The SMILES string of the molecule is [2H]C([2H])([2H])C([2H])([2H])N(C(=O)c1c(O)c2c(Cl)cccc2n(C)c1=O)c1cccc(C)c1. The van der Waals surface area contributed by atoms with E-state index in [1.165, 1.54) is 37.4 Å².